The summed E-state index contributed by atoms with van der Waals surface area (Å²) in [6.45, 7) is 1.86. The molecule has 0 spiro atoms. The zero-order chi connectivity index (χ0) is 11.3. The van der Waals surface area contributed by atoms with Crippen LogP contribution in [0.5, 0.6) is 0 Å². The smallest absolute Gasteiger partial charge is 0.0471 e. The number of hydrogen-bond donors (Lipinski definition) is 1. The van der Waals surface area contributed by atoms with Crippen molar-refractivity contribution in [1.82, 2.24) is 4.90 Å². The van der Waals surface area contributed by atoms with Crippen molar-refractivity contribution in [2.24, 2.45) is 0 Å². The molecule has 0 amide bonds. The average molecular weight is 245 g/mol. The molecule has 0 saturated carbocycles. The molecule has 1 aromatic rings. The second-order valence-corrected chi connectivity index (χ2v) is 4.93. The van der Waals surface area contributed by atoms with E-state index in [0.29, 0.717) is 0 Å². The Hall–Kier alpha value is -0.380. The van der Waals surface area contributed by atoms with Crippen LogP contribution in [-0.4, -0.2) is 30.5 Å². The molecule has 0 fully saturated rings. The summed E-state index contributed by atoms with van der Waals surface area (Å²) in [7, 11) is 2.08. The number of rotatable bonds is 5. The zero-order valence-corrected chi connectivity index (χ0v) is 10.7. The Balaban J connectivity index is 2.63. The number of hydrogen-bond acceptors (Lipinski definition) is 3. The molecule has 0 radical (unpaired) electrons. The van der Waals surface area contributed by atoms with Gasteiger partial charge >= 0.3 is 0 Å². The number of anilines is 1. The van der Waals surface area contributed by atoms with Gasteiger partial charge in [-0.25, -0.2) is 0 Å². The molecular formula is C11H17ClN2S. The van der Waals surface area contributed by atoms with Crippen LogP contribution in [0.2, 0.25) is 5.02 Å². The van der Waals surface area contributed by atoms with Crippen molar-refractivity contribution in [1.29, 1.82) is 0 Å². The van der Waals surface area contributed by atoms with E-state index in [1.807, 2.05) is 30.0 Å². The van der Waals surface area contributed by atoms with Crippen molar-refractivity contribution >= 4 is 29.1 Å². The minimum Gasteiger partial charge on any atom is -0.398 e. The van der Waals surface area contributed by atoms with Gasteiger partial charge in [-0.15, -0.1) is 0 Å². The highest BCUT2D eigenvalue weighted by Gasteiger charge is 2.07. The summed E-state index contributed by atoms with van der Waals surface area (Å²) in [5.41, 5.74) is 7.69. The van der Waals surface area contributed by atoms with Crippen LogP contribution in [0.25, 0.3) is 0 Å². The maximum Gasteiger partial charge on any atom is 0.0471 e. The second kappa shape index (κ2) is 6.26. The van der Waals surface area contributed by atoms with Crippen LogP contribution < -0.4 is 5.73 Å². The fourth-order valence-electron chi connectivity index (χ4n) is 1.34. The predicted molar refractivity (Wildman–Crippen MR) is 70.6 cm³/mol. The first-order chi connectivity index (χ1) is 7.15. The van der Waals surface area contributed by atoms with E-state index >= 15 is 0 Å². The maximum atomic E-state index is 6.10. The molecule has 4 heteroatoms. The standard InChI is InChI=1S/C11H17ClN2S/c1-14(6-7-15-2)8-9-10(12)4-3-5-11(9)13/h3-5H,6-8,13H2,1-2H3. The Kier molecular flexibility index (Phi) is 5.29. The minimum atomic E-state index is 0.756. The van der Waals surface area contributed by atoms with Crippen molar-refractivity contribution in [2.75, 3.05) is 31.3 Å². The molecule has 2 N–H and O–H groups in total. The molecule has 84 valence electrons. The van der Waals surface area contributed by atoms with E-state index in [0.717, 1.165) is 35.1 Å². The van der Waals surface area contributed by atoms with E-state index in [1.165, 1.54) is 0 Å². The first kappa shape index (κ1) is 12.7. The lowest BCUT2D eigenvalue weighted by Gasteiger charge is -2.18. The minimum absolute atomic E-state index is 0.756. The van der Waals surface area contributed by atoms with Gasteiger partial charge in [0.2, 0.25) is 0 Å². The molecule has 2 nitrogen and oxygen atoms in total. The van der Waals surface area contributed by atoms with Crippen molar-refractivity contribution in [2.45, 2.75) is 6.54 Å². The topological polar surface area (TPSA) is 29.3 Å². The number of thioether (sulfide) groups is 1. The Morgan fingerprint density at radius 3 is 2.80 bits per heavy atom. The first-order valence-electron chi connectivity index (χ1n) is 4.85. The van der Waals surface area contributed by atoms with E-state index in [9.17, 15) is 0 Å². The number of nitrogen functional groups attached to an aromatic ring is 1. The maximum absolute atomic E-state index is 6.10. The molecule has 0 aromatic heterocycles. The van der Waals surface area contributed by atoms with Gasteiger partial charge in [-0.05, 0) is 25.4 Å². The predicted octanol–water partition coefficient (Wildman–Crippen LogP) is 2.72. The molecule has 1 aromatic carbocycles. The van der Waals surface area contributed by atoms with E-state index in [2.05, 4.69) is 18.2 Å². The molecule has 0 aliphatic rings. The number of halogens is 1. The van der Waals surface area contributed by atoms with Crippen LogP contribution in [-0.2, 0) is 6.54 Å². The third-order valence-electron chi connectivity index (χ3n) is 2.26. The van der Waals surface area contributed by atoms with E-state index in [4.69, 9.17) is 17.3 Å². The van der Waals surface area contributed by atoms with E-state index < -0.39 is 0 Å². The van der Waals surface area contributed by atoms with Gasteiger partial charge < -0.3 is 10.6 Å². The summed E-state index contributed by atoms with van der Waals surface area (Å²) in [6, 6.07) is 5.66. The Bertz CT molecular complexity index is 297. The van der Waals surface area contributed by atoms with Crippen molar-refractivity contribution < 1.29 is 0 Å². The van der Waals surface area contributed by atoms with Gasteiger partial charge in [0, 0.05) is 35.1 Å². The van der Waals surface area contributed by atoms with Crippen LogP contribution in [0.4, 0.5) is 5.69 Å². The summed E-state index contributed by atoms with van der Waals surface area (Å²) < 4.78 is 0. The molecule has 0 aliphatic carbocycles. The molecule has 0 bridgehead atoms. The highest BCUT2D eigenvalue weighted by molar-refractivity contribution is 7.98. The molecule has 0 heterocycles. The summed E-state index contributed by atoms with van der Waals surface area (Å²) in [4.78, 5) is 2.23. The third kappa shape index (κ3) is 3.93. The monoisotopic (exact) mass is 244 g/mol. The van der Waals surface area contributed by atoms with Crippen molar-refractivity contribution in [3.8, 4) is 0 Å². The van der Waals surface area contributed by atoms with Gasteiger partial charge in [0.25, 0.3) is 0 Å². The van der Waals surface area contributed by atoms with Crippen LogP contribution in [0.3, 0.4) is 0 Å². The summed E-state index contributed by atoms with van der Waals surface area (Å²) in [6.07, 6.45) is 2.11. The molecule has 0 atom stereocenters. The Labute approximate surface area is 101 Å². The summed E-state index contributed by atoms with van der Waals surface area (Å²) in [5, 5.41) is 0.756. The largest absolute Gasteiger partial charge is 0.398 e. The lowest BCUT2D eigenvalue weighted by molar-refractivity contribution is 0.349. The lowest BCUT2D eigenvalue weighted by Crippen LogP contribution is -2.21. The molecule has 1 rings (SSSR count). The number of nitrogens with zero attached hydrogens (tertiary/aromatic N) is 1. The van der Waals surface area contributed by atoms with Gasteiger partial charge in [-0.3, -0.25) is 0 Å². The molecular weight excluding hydrogens is 228 g/mol. The normalized spacial score (nSPS) is 10.9. The van der Waals surface area contributed by atoms with Crippen LogP contribution in [0, 0.1) is 0 Å². The quantitative estimate of drug-likeness (QED) is 0.808. The van der Waals surface area contributed by atoms with Gasteiger partial charge in [0.15, 0.2) is 0 Å². The molecule has 15 heavy (non-hydrogen) atoms. The Morgan fingerprint density at radius 2 is 2.20 bits per heavy atom. The van der Waals surface area contributed by atoms with E-state index in [1.54, 1.807) is 0 Å². The SMILES string of the molecule is CSCCN(C)Cc1c(N)cccc1Cl. The van der Waals surface area contributed by atoms with Gasteiger partial charge in [-0.1, -0.05) is 17.7 Å². The third-order valence-corrected chi connectivity index (χ3v) is 3.21. The van der Waals surface area contributed by atoms with Crippen LogP contribution >= 0.6 is 23.4 Å². The second-order valence-electron chi connectivity index (χ2n) is 3.54. The fraction of sp³-hybridized carbons (Fsp3) is 0.455. The van der Waals surface area contributed by atoms with E-state index in [-0.39, 0.29) is 0 Å². The highest BCUT2D eigenvalue weighted by Crippen LogP contribution is 2.23. The summed E-state index contributed by atoms with van der Waals surface area (Å²) >= 11 is 7.94. The van der Waals surface area contributed by atoms with Crippen LogP contribution in [0.1, 0.15) is 5.56 Å². The average Bonchev–Trinajstić information content (AvgIpc) is 2.21. The number of benzene rings is 1. The first-order valence-corrected chi connectivity index (χ1v) is 6.62. The fourth-order valence-corrected chi connectivity index (χ4v) is 2.07. The molecule has 0 aliphatic heterocycles. The van der Waals surface area contributed by atoms with Crippen LogP contribution in [0.15, 0.2) is 18.2 Å². The molecule has 0 unspecified atom stereocenters. The lowest BCUT2D eigenvalue weighted by atomic mass is 10.1. The van der Waals surface area contributed by atoms with Crippen molar-refractivity contribution in [3.05, 3.63) is 28.8 Å². The van der Waals surface area contributed by atoms with Crippen molar-refractivity contribution in [3.63, 3.8) is 0 Å². The zero-order valence-electron chi connectivity index (χ0n) is 9.16. The Morgan fingerprint density at radius 1 is 1.47 bits per heavy atom. The van der Waals surface area contributed by atoms with Gasteiger partial charge in [-0.2, -0.15) is 11.8 Å². The van der Waals surface area contributed by atoms with Gasteiger partial charge in [0.05, 0.1) is 0 Å². The summed E-state index contributed by atoms with van der Waals surface area (Å²) in [5.74, 6) is 1.13. The number of nitrogens with two attached hydrogens (primary N) is 1. The highest BCUT2D eigenvalue weighted by atomic mass is 35.5. The van der Waals surface area contributed by atoms with Gasteiger partial charge in [0.1, 0.15) is 0 Å². The molecule has 0 saturated heterocycles.